The van der Waals surface area contributed by atoms with Gasteiger partial charge in [0, 0.05) is 18.6 Å². The first kappa shape index (κ1) is 11.5. The van der Waals surface area contributed by atoms with Gasteiger partial charge in [-0.25, -0.2) is 4.98 Å². The topological polar surface area (TPSA) is 17.8 Å². The minimum absolute atomic E-state index is 0. The quantitative estimate of drug-likeness (QED) is 0.778. The molecule has 0 saturated heterocycles. The van der Waals surface area contributed by atoms with Gasteiger partial charge >= 0.3 is 0 Å². The number of nitrogens with zero attached hydrogens (tertiary/aromatic N) is 2. The maximum atomic E-state index is 3.96. The summed E-state index contributed by atoms with van der Waals surface area (Å²) in [5.41, 5.74) is 1.32. The molecule has 0 unspecified atom stereocenters. The van der Waals surface area contributed by atoms with Crippen LogP contribution in [0.1, 0.15) is 5.56 Å². The van der Waals surface area contributed by atoms with E-state index in [1.54, 1.807) is 12.5 Å². The Morgan fingerprint density at radius 2 is 2.00 bits per heavy atom. The van der Waals surface area contributed by atoms with Gasteiger partial charge in [-0.15, -0.1) is 12.4 Å². The zero-order valence-corrected chi connectivity index (χ0v) is 9.10. The molecule has 0 amide bonds. The Morgan fingerprint density at radius 3 is 2.67 bits per heavy atom. The molecule has 0 N–H and O–H groups in total. The van der Waals surface area contributed by atoms with Gasteiger partial charge < -0.3 is 4.57 Å². The van der Waals surface area contributed by atoms with Gasteiger partial charge in [0.2, 0.25) is 0 Å². The lowest BCUT2D eigenvalue weighted by Gasteiger charge is -1.94. The zero-order valence-electron chi connectivity index (χ0n) is 8.28. The molecule has 0 spiro atoms. The van der Waals surface area contributed by atoms with E-state index in [2.05, 4.69) is 35.3 Å². The second kappa shape index (κ2) is 6.04. The van der Waals surface area contributed by atoms with Crippen molar-refractivity contribution in [2.24, 2.45) is 0 Å². The minimum atomic E-state index is 0. The predicted molar refractivity (Wildman–Crippen MR) is 65.0 cm³/mol. The summed E-state index contributed by atoms with van der Waals surface area (Å²) in [7, 11) is 0. The van der Waals surface area contributed by atoms with Crippen molar-refractivity contribution in [2.75, 3.05) is 0 Å². The molecule has 0 radical (unpaired) electrons. The average Bonchev–Trinajstić information content (AvgIpc) is 2.72. The van der Waals surface area contributed by atoms with Crippen LogP contribution in [0.15, 0.2) is 55.1 Å². The molecule has 0 aliphatic carbocycles. The molecule has 0 atom stereocenters. The van der Waals surface area contributed by atoms with Crippen LogP contribution in [0.4, 0.5) is 0 Å². The minimum Gasteiger partial charge on any atom is -0.313 e. The molecule has 1 aromatic carbocycles. The zero-order chi connectivity index (χ0) is 9.64. The van der Waals surface area contributed by atoms with Crippen LogP contribution in [-0.2, 0) is 6.42 Å². The number of imidazole rings is 1. The van der Waals surface area contributed by atoms with Gasteiger partial charge in [0.1, 0.15) is 0 Å². The second-order valence-electron chi connectivity index (χ2n) is 3.08. The highest BCUT2D eigenvalue weighted by atomic mass is 35.5. The van der Waals surface area contributed by atoms with E-state index in [0.717, 1.165) is 6.42 Å². The SMILES string of the molecule is C(=Cn1ccnc1)Cc1ccccc1.Cl. The smallest absolute Gasteiger partial charge is 0.0986 e. The van der Waals surface area contributed by atoms with Gasteiger partial charge in [0.05, 0.1) is 6.33 Å². The van der Waals surface area contributed by atoms with Crippen molar-refractivity contribution in [3.63, 3.8) is 0 Å². The third kappa shape index (κ3) is 3.60. The van der Waals surface area contributed by atoms with Crippen molar-refractivity contribution in [3.8, 4) is 0 Å². The highest BCUT2D eigenvalue weighted by Gasteiger charge is 1.85. The molecule has 2 rings (SSSR count). The lowest BCUT2D eigenvalue weighted by molar-refractivity contribution is 1.12. The Bertz CT molecular complexity index is 393. The first-order valence-electron chi connectivity index (χ1n) is 4.63. The summed E-state index contributed by atoms with van der Waals surface area (Å²) in [4.78, 5) is 3.96. The van der Waals surface area contributed by atoms with E-state index >= 15 is 0 Å². The fourth-order valence-electron chi connectivity index (χ4n) is 1.28. The Hall–Kier alpha value is -1.54. The van der Waals surface area contributed by atoms with Crippen LogP contribution in [0.3, 0.4) is 0 Å². The summed E-state index contributed by atoms with van der Waals surface area (Å²) in [6.07, 6.45) is 10.6. The Morgan fingerprint density at radius 1 is 1.20 bits per heavy atom. The summed E-state index contributed by atoms with van der Waals surface area (Å²) in [6, 6.07) is 10.4. The van der Waals surface area contributed by atoms with Crippen LogP contribution in [0.2, 0.25) is 0 Å². The van der Waals surface area contributed by atoms with Crippen molar-refractivity contribution in [2.45, 2.75) is 6.42 Å². The molecule has 2 nitrogen and oxygen atoms in total. The maximum Gasteiger partial charge on any atom is 0.0986 e. The van der Waals surface area contributed by atoms with E-state index in [1.807, 2.05) is 23.0 Å². The van der Waals surface area contributed by atoms with E-state index in [9.17, 15) is 0 Å². The van der Waals surface area contributed by atoms with Gasteiger partial charge in [-0.3, -0.25) is 0 Å². The highest BCUT2D eigenvalue weighted by molar-refractivity contribution is 5.85. The monoisotopic (exact) mass is 220 g/mol. The first-order chi connectivity index (χ1) is 6.95. The molecule has 15 heavy (non-hydrogen) atoms. The fourth-order valence-corrected chi connectivity index (χ4v) is 1.28. The van der Waals surface area contributed by atoms with Crippen molar-refractivity contribution in [1.82, 2.24) is 9.55 Å². The van der Waals surface area contributed by atoms with Gasteiger partial charge in [0.15, 0.2) is 0 Å². The molecule has 2 aromatic rings. The Kier molecular flexibility index (Phi) is 4.64. The third-order valence-corrected chi connectivity index (χ3v) is 2.00. The lowest BCUT2D eigenvalue weighted by Crippen LogP contribution is -1.82. The molecular formula is C12H13ClN2. The summed E-state index contributed by atoms with van der Waals surface area (Å²) < 4.78 is 1.93. The normalized spacial score (nSPS) is 10.1. The number of aromatic nitrogens is 2. The molecular weight excluding hydrogens is 208 g/mol. The molecule has 1 heterocycles. The highest BCUT2D eigenvalue weighted by Crippen LogP contribution is 2.00. The van der Waals surface area contributed by atoms with Crippen LogP contribution in [0.25, 0.3) is 6.20 Å². The van der Waals surface area contributed by atoms with Gasteiger partial charge in [0.25, 0.3) is 0 Å². The van der Waals surface area contributed by atoms with Crippen molar-refractivity contribution in [3.05, 3.63) is 60.7 Å². The second-order valence-corrected chi connectivity index (χ2v) is 3.08. The van der Waals surface area contributed by atoms with Gasteiger partial charge in [-0.2, -0.15) is 0 Å². The Balaban J connectivity index is 0.00000112. The average molecular weight is 221 g/mol. The van der Waals surface area contributed by atoms with E-state index in [0.29, 0.717) is 0 Å². The number of halogens is 1. The number of hydrogen-bond donors (Lipinski definition) is 0. The standard InChI is InChI=1S/C12H12N2.ClH/c1-2-5-12(6-3-1)7-4-9-14-10-8-13-11-14;/h1-6,8-11H,7H2;1H. The molecule has 0 aliphatic heterocycles. The van der Waals surface area contributed by atoms with E-state index in [1.165, 1.54) is 5.56 Å². The summed E-state index contributed by atoms with van der Waals surface area (Å²) in [5.74, 6) is 0. The van der Waals surface area contributed by atoms with E-state index < -0.39 is 0 Å². The van der Waals surface area contributed by atoms with Gasteiger partial charge in [-0.05, 0) is 12.0 Å². The van der Waals surface area contributed by atoms with Gasteiger partial charge in [-0.1, -0.05) is 36.4 Å². The molecule has 3 heteroatoms. The molecule has 78 valence electrons. The molecule has 0 bridgehead atoms. The van der Waals surface area contributed by atoms with Crippen LogP contribution in [-0.4, -0.2) is 9.55 Å². The van der Waals surface area contributed by atoms with Crippen molar-refractivity contribution >= 4 is 18.6 Å². The van der Waals surface area contributed by atoms with Crippen molar-refractivity contribution in [1.29, 1.82) is 0 Å². The first-order valence-corrected chi connectivity index (χ1v) is 4.63. The van der Waals surface area contributed by atoms with Crippen LogP contribution < -0.4 is 0 Å². The maximum absolute atomic E-state index is 3.96. The van der Waals surface area contributed by atoms with Crippen LogP contribution in [0.5, 0.6) is 0 Å². The Labute approximate surface area is 95.7 Å². The van der Waals surface area contributed by atoms with E-state index in [-0.39, 0.29) is 12.4 Å². The summed E-state index contributed by atoms with van der Waals surface area (Å²) in [5, 5.41) is 0. The number of allylic oxidation sites excluding steroid dienone is 1. The fraction of sp³-hybridized carbons (Fsp3) is 0.0833. The third-order valence-electron chi connectivity index (χ3n) is 2.00. The molecule has 0 saturated carbocycles. The number of hydrogen-bond acceptors (Lipinski definition) is 1. The number of rotatable bonds is 3. The molecule has 0 fully saturated rings. The summed E-state index contributed by atoms with van der Waals surface area (Å²) >= 11 is 0. The molecule has 1 aromatic heterocycles. The van der Waals surface area contributed by atoms with Crippen molar-refractivity contribution < 1.29 is 0 Å². The molecule has 0 aliphatic rings. The number of benzene rings is 1. The van der Waals surface area contributed by atoms with E-state index in [4.69, 9.17) is 0 Å². The summed E-state index contributed by atoms with van der Waals surface area (Å²) in [6.45, 7) is 0. The largest absolute Gasteiger partial charge is 0.313 e. The predicted octanol–water partition coefficient (Wildman–Crippen LogP) is 3.02. The van der Waals surface area contributed by atoms with Crippen LogP contribution >= 0.6 is 12.4 Å². The van der Waals surface area contributed by atoms with Crippen LogP contribution in [0, 0.1) is 0 Å². The lowest BCUT2D eigenvalue weighted by atomic mass is 10.1.